The second-order valence-electron chi connectivity index (χ2n) is 4.62. The first kappa shape index (κ1) is 12.0. The lowest BCUT2D eigenvalue weighted by Gasteiger charge is -2.25. The molecule has 0 aliphatic carbocycles. The Morgan fingerprint density at radius 3 is 2.47 bits per heavy atom. The Bertz CT molecular complexity index is 276. The van der Waals surface area contributed by atoms with E-state index in [1.54, 1.807) is 13.8 Å². The highest BCUT2D eigenvalue weighted by Crippen LogP contribution is 2.16. The van der Waals surface area contributed by atoms with Crippen molar-refractivity contribution in [3.05, 3.63) is 0 Å². The molecule has 0 bridgehead atoms. The number of nitrogens with two attached hydrogens (primary N) is 1. The van der Waals surface area contributed by atoms with Gasteiger partial charge in [0.25, 0.3) is 0 Å². The second-order valence-corrected chi connectivity index (χ2v) is 4.62. The van der Waals surface area contributed by atoms with Crippen LogP contribution in [0.25, 0.3) is 0 Å². The van der Waals surface area contributed by atoms with E-state index in [0.717, 1.165) is 13.0 Å². The summed E-state index contributed by atoms with van der Waals surface area (Å²) in [5, 5.41) is 5.86. The van der Waals surface area contributed by atoms with Gasteiger partial charge < -0.3 is 16.4 Å². The monoisotopic (exact) mass is 213 g/mol. The number of amides is 2. The summed E-state index contributed by atoms with van der Waals surface area (Å²) in [6.07, 6.45) is 0.807. The molecule has 1 rings (SSSR count). The van der Waals surface area contributed by atoms with Gasteiger partial charge in [0.15, 0.2) is 0 Å². The maximum Gasteiger partial charge on any atom is 0.242 e. The number of carbonyl (C=O) groups is 2. The number of nitrogens with one attached hydrogen (secondary N) is 2. The quantitative estimate of drug-likeness (QED) is 0.583. The molecule has 1 aliphatic rings. The van der Waals surface area contributed by atoms with Gasteiger partial charge in [-0.25, -0.2) is 0 Å². The molecule has 1 saturated heterocycles. The molecule has 15 heavy (non-hydrogen) atoms. The van der Waals surface area contributed by atoms with Crippen LogP contribution in [0.1, 0.15) is 27.2 Å². The van der Waals surface area contributed by atoms with Crippen LogP contribution in [-0.4, -0.2) is 29.9 Å². The van der Waals surface area contributed by atoms with Gasteiger partial charge in [0.2, 0.25) is 11.8 Å². The third-order valence-corrected chi connectivity index (χ3v) is 2.91. The summed E-state index contributed by atoms with van der Waals surface area (Å²) < 4.78 is 0. The fourth-order valence-electron chi connectivity index (χ4n) is 1.68. The molecule has 0 aromatic carbocycles. The average Bonchev–Trinajstić information content (AvgIpc) is 2.50. The Balaban J connectivity index is 2.59. The van der Waals surface area contributed by atoms with Crippen LogP contribution in [0.2, 0.25) is 0 Å². The molecule has 86 valence electrons. The van der Waals surface area contributed by atoms with Crippen molar-refractivity contribution in [1.29, 1.82) is 0 Å². The minimum absolute atomic E-state index is 0.0661. The minimum Gasteiger partial charge on any atom is -0.368 e. The Kier molecular flexibility index (Phi) is 3.34. The van der Waals surface area contributed by atoms with Gasteiger partial charge in [-0.15, -0.1) is 0 Å². The van der Waals surface area contributed by atoms with Gasteiger partial charge in [0.1, 0.15) is 5.54 Å². The lowest BCUT2D eigenvalue weighted by molar-refractivity contribution is -0.132. The van der Waals surface area contributed by atoms with E-state index in [0.29, 0.717) is 0 Å². The zero-order valence-electron chi connectivity index (χ0n) is 9.46. The fourth-order valence-corrected chi connectivity index (χ4v) is 1.68. The molecular formula is C10H19N3O2. The first-order chi connectivity index (χ1) is 6.84. The van der Waals surface area contributed by atoms with E-state index >= 15 is 0 Å². The highest BCUT2D eigenvalue weighted by atomic mass is 16.2. The molecule has 4 N–H and O–H groups in total. The number of primary amides is 1. The topological polar surface area (TPSA) is 84.2 Å². The highest BCUT2D eigenvalue weighted by molar-refractivity contribution is 5.90. The molecule has 1 heterocycles. The van der Waals surface area contributed by atoms with E-state index in [4.69, 9.17) is 5.73 Å². The van der Waals surface area contributed by atoms with Gasteiger partial charge in [-0.1, -0.05) is 0 Å². The maximum atomic E-state index is 11.8. The largest absolute Gasteiger partial charge is 0.368 e. The summed E-state index contributed by atoms with van der Waals surface area (Å²) in [6, 6.07) is 0.161. The van der Waals surface area contributed by atoms with Crippen molar-refractivity contribution in [3.8, 4) is 0 Å². The summed E-state index contributed by atoms with van der Waals surface area (Å²) in [7, 11) is 0. The molecule has 0 aromatic rings. The zero-order valence-corrected chi connectivity index (χ0v) is 9.46. The SMILES string of the molecule is CC1NCCC1C(=O)NC(C)(C)C(N)=O. The fraction of sp³-hybridized carbons (Fsp3) is 0.800. The third-order valence-electron chi connectivity index (χ3n) is 2.91. The summed E-state index contributed by atoms with van der Waals surface area (Å²) >= 11 is 0. The Morgan fingerprint density at radius 1 is 1.47 bits per heavy atom. The summed E-state index contributed by atoms with van der Waals surface area (Å²) in [5.41, 5.74) is 4.21. The second kappa shape index (κ2) is 4.18. The Hall–Kier alpha value is -1.10. The van der Waals surface area contributed by atoms with Crippen LogP contribution in [0.3, 0.4) is 0 Å². The van der Waals surface area contributed by atoms with Crippen molar-refractivity contribution in [2.45, 2.75) is 38.8 Å². The van der Waals surface area contributed by atoms with Crippen LogP contribution in [0, 0.1) is 5.92 Å². The molecule has 0 spiro atoms. The molecule has 2 atom stereocenters. The number of rotatable bonds is 3. The first-order valence-corrected chi connectivity index (χ1v) is 5.20. The lowest BCUT2D eigenvalue weighted by atomic mass is 9.98. The van der Waals surface area contributed by atoms with Gasteiger partial charge >= 0.3 is 0 Å². The minimum atomic E-state index is -0.973. The van der Waals surface area contributed by atoms with Crippen molar-refractivity contribution in [3.63, 3.8) is 0 Å². The predicted molar refractivity (Wildman–Crippen MR) is 57.0 cm³/mol. The first-order valence-electron chi connectivity index (χ1n) is 5.20. The van der Waals surface area contributed by atoms with E-state index < -0.39 is 11.4 Å². The molecule has 1 aliphatic heterocycles. The molecular weight excluding hydrogens is 194 g/mol. The molecule has 0 radical (unpaired) electrons. The zero-order chi connectivity index (χ0) is 11.6. The predicted octanol–water partition coefficient (Wildman–Crippen LogP) is -0.635. The van der Waals surface area contributed by atoms with Crippen molar-refractivity contribution in [2.24, 2.45) is 11.7 Å². The van der Waals surface area contributed by atoms with Crippen LogP contribution < -0.4 is 16.4 Å². The third kappa shape index (κ3) is 2.68. The van der Waals surface area contributed by atoms with Gasteiger partial charge in [0.05, 0.1) is 5.92 Å². The van der Waals surface area contributed by atoms with Gasteiger partial charge in [0, 0.05) is 6.04 Å². The number of hydrogen-bond acceptors (Lipinski definition) is 3. The summed E-state index contributed by atoms with van der Waals surface area (Å²) in [4.78, 5) is 22.9. The van der Waals surface area contributed by atoms with E-state index in [1.165, 1.54) is 0 Å². The number of hydrogen-bond donors (Lipinski definition) is 3. The molecule has 5 heteroatoms. The molecule has 0 saturated carbocycles. The smallest absolute Gasteiger partial charge is 0.242 e. The number of carbonyl (C=O) groups excluding carboxylic acids is 2. The van der Waals surface area contributed by atoms with E-state index in [1.807, 2.05) is 6.92 Å². The van der Waals surface area contributed by atoms with Crippen LogP contribution in [0.15, 0.2) is 0 Å². The summed E-state index contributed by atoms with van der Waals surface area (Å²) in [5.74, 6) is -0.686. The van der Waals surface area contributed by atoms with Gasteiger partial charge in [-0.2, -0.15) is 0 Å². The van der Waals surface area contributed by atoms with Crippen LogP contribution in [0.5, 0.6) is 0 Å². The van der Waals surface area contributed by atoms with Crippen molar-refractivity contribution < 1.29 is 9.59 Å². The molecule has 0 aromatic heterocycles. The van der Waals surface area contributed by atoms with Crippen LogP contribution in [0.4, 0.5) is 0 Å². The van der Waals surface area contributed by atoms with Crippen molar-refractivity contribution in [1.82, 2.24) is 10.6 Å². The Labute approximate surface area is 89.8 Å². The van der Waals surface area contributed by atoms with E-state index in [9.17, 15) is 9.59 Å². The van der Waals surface area contributed by atoms with Crippen LogP contribution in [-0.2, 0) is 9.59 Å². The Morgan fingerprint density at radius 2 is 2.07 bits per heavy atom. The molecule has 1 fully saturated rings. The molecule has 2 amide bonds. The highest BCUT2D eigenvalue weighted by Gasteiger charge is 2.34. The van der Waals surface area contributed by atoms with Crippen molar-refractivity contribution >= 4 is 11.8 Å². The molecule has 5 nitrogen and oxygen atoms in total. The normalized spacial score (nSPS) is 26.3. The van der Waals surface area contributed by atoms with Crippen LogP contribution >= 0.6 is 0 Å². The average molecular weight is 213 g/mol. The standard InChI is InChI=1S/C10H19N3O2/c1-6-7(4-5-12-6)8(14)13-10(2,3)9(11)15/h6-7,12H,4-5H2,1-3H3,(H2,11,15)(H,13,14). The van der Waals surface area contributed by atoms with Gasteiger partial charge in [-0.3, -0.25) is 9.59 Å². The maximum absolute atomic E-state index is 11.8. The van der Waals surface area contributed by atoms with Crippen molar-refractivity contribution in [2.75, 3.05) is 6.54 Å². The lowest BCUT2D eigenvalue weighted by Crippen LogP contribution is -2.55. The van der Waals surface area contributed by atoms with E-state index in [-0.39, 0.29) is 17.9 Å². The van der Waals surface area contributed by atoms with E-state index in [2.05, 4.69) is 10.6 Å². The summed E-state index contributed by atoms with van der Waals surface area (Å²) in [6.45, 7) is 6.03. The molecule has 2 unspecified atom stereocenters. The van der Waals surface area contributed by atoms with Gasteiger partial charge in [-0.05, 0) is 33.7 Å².